The zero-order valence-corrected chi connectivity index (χ0v) is 12.8. The van der Waals surface area contributed by atoms with E-state index in [4.69, 9.17) is 0 Å². The Morgan fingerprint density at radius 2 is 1.67 bits per heavy atom. The molecule has 1 unspecified atom stereocenters. The van der Waals surface area contributed by atoms with Crippen LogP contribution in [0.5, 0.6) is 0 Å². The standard InChI is InChI=1S/C19H23NO/c1-3-16-12-8-9-13-18(16)19(21)20-17(4-2)14-15-10-6-5-7-11-15/h5-13,17H,3-4,14H2,1-2H3,(H,20,21). The third-order valence-electron chi connectivity index (χ3n) is 3.80. The summed E-state index contributed by atoms with van der Waals surface area (Å²) in [7, 11) is 0. The van der Waals surface area contributed by atoms with Crippen LogP contribution in [-0.2, 0) is 12.8 Å². The van der Waals surface area contributed by atoms with Gasteiger partial charge in [-0.05, 0) is 36.5 Å². The molecule has 1 atom stereocenters. The van der Waals surface area contributed by atoms with Gasteiger partial charge in [-0.2, -0.15) is 0 Å². The van der Waals surface area contributed by atoms with Gasteiger partial charge in [-0.1, -0.05) is 62.4 Å². The molecule has 2 aromatic carbocycles. The first-order valence-electron chi connectivity index (χ1n) is 7.67. The highest BCUT2D eigenvalue weighted by atomic mass is 16.1. The predicted octanol–water partition coefficient (Wildman–Crippen LogP) is 4.00. The molecule has 2 nitrogen and oxygen atoms in total. The van der Waals surface area contributed by atoms with Crippen molar-refractivity contribution >= 4 is 5.91 Å². The molecule has 2 rings (SSSR count). The zero-order valence-electron chi connectivity index (χ0n) is 12.8. The van der Waals surface area contributed by atoms with Crippen LogP contribution in [0.15, 0.2) is 54.6 Å². The molecular weight excluding hydrogens is 258 g/mol. The van der Waals surface area contributed by atoms with Crippen molar-refractivity contribution in [1.82, 2.24) is 5.32 Å². The minimum absolute atomic E-state index is 0.0373. The average Bonchev–Trinajstić information content (AvgIpc) is 2.55. The second-order valence-corrected chi connectivity index (χ2v) is 5.28. The Morgan fingerprint density at radius 3 is 2.33 bits per heavy atom. The Balaban J connectivity index is 2.06. The number of aryl methyl sites for hydroxylation is 1. The quantitative estimate of drug-likeness (QED) is 0.852. The fourth-order valence-corrected chi connectivity index (χ4v) is 2.51. The number of carbonyl (C=O) groups excluding carboxylic acids is 1. The maximum absolute atomic E-state index is 12.5. The van der Waals surface area contributed by atoms with Crippen LogP contribution in [0.25, 0.3) is 0 Å². The van der Waals surface area contributed by atoms with Crippen molar-refractivity contribution in [3.05, 3.63) is 71.3 Å². The van der Waals surface area contributed by atoms with Crippen LogP contribution >= 0.6 is 0 Å². The maximum Gasteiger partial charge on any atom is 0.251 e. The molecule has 2 aromatic rings. The maximum atomic E-state index is 12.5. The van der Waals surface area contributed by atoms with E-state index in [1.165, 1.54) is 5.56 Å². The van der Waals surface area contributed by atoms with Crippen molar-refractivity contribution in [2.24, 2.45) is 0 Å². The summed E-state index contributed by atoms with van der Waals surface area (Å²) in [5, 5.41) is 3.17. The van der Waals surface area contributed by atoms with Crippen molar-refractivity contribution in [3.63, 3.8) is 0 Å². The SMILES string of the molecule is CCc1ccccc1C(=O)NC(CC)Cc1ccccc1. The van der Waals surface area contributed by atoms with Crippen molar-refractivity contribution in [2.75, 3.05) is 0 Å². The normalized spacial score (nSPS) is 11.9. The highest BCUT2D eigenvalue weighted by Crippen LogP contribution is 2.11. The highest BCUT2D eigenvalue weighted by Gasteiger charge is 2.14. The largest absolute Gasteiger partial charge is 0.349 e. The van der Waals surface area contributed by atoms with Crippen molar-refractivity contribution in [3.8, 4) is 0 Å². The molecule has 1 N–H and O–H groups in total. The molecule has 0 aliphatic carbocycles. The van der Waals surface area contributed by atoms with E-state index in [-0.39, 0.29) is 11.9 Å². The Hall–Kier alpha value is -2.09. The van der Waals surface area contributed by atoms with Crippen LogP contribution in [0.2, 0.25) is 0 Å². The molecule has 2 heteroatoms. The first-order valence-corrected chi connectivity index (χ1v) is 7.67. The summed E-state index contributed by atoms with van der Waals surface area (Å²) in [6.07, 6.45) is 2.67. The monoisotopic (exact) mass is 281 g/mol. The Kier molecular flexibility index (Phi) is 5.56. The molecular formula is C19H23NO. The van der Waals surface area contributed by atoms with Gasteiger partial charge < -0.3 is 5.32 Å². The minimum Gasteiger partial charge on any atom is -0.349 e. The van der Waals surface area contributed by atoms with E-state index in [9.17, 15) is 4.79 Å². The Labute approximate surface area is 127 Å². The number of benzene rings is 2. The predicted molar refractivity (Wildman–Crippen MR) is 87.5 cm³/mol. The van der Waals surface area contributed by atoms with Crippen LogP contribution in [0.4, 0.5) is 0 Å². The third kappa shape index (κ3) is 4.19. The fraction of sp³-hybridized carbons (Fsp3) is 0.316. The van der Waals surface area contributed by atoms with Gasteiger partial charge in [0.25, 0.3) is 5.91 Å². The van der Waals surface area contributed by atoms with Gasteiger partial charge in [0, 0.05) is 11.6 Å². The molecule has 0 saturated heterocycles. The Morgan fingerprint density at radius 1 is 1.00 bits per heavy atom. The molecule has 21 heavy (non-hydrogen) atoms. The van der Waals surface area contributed by atoms with Gasteiger partial charge in [0.15, 0.2) is 0 Å². The lowest BCUT2D eigenvalue weighted by atomic mass is 10.0. The van der Waals surface area contributed by atoms with Crippen LogP contribution in [0.1, 0.15) is 41.8 Å². The van der Waals surface area contributed by atoms with E-state index < -0.39 is 0 Å². The van der Waals surface area contributed by atoms with E-state index in [0.717, 1.165) is 30.4 Å². The van der Waals surface area contributed by atoms with E-state index >= 15 is 0 Å². The van der Waals surface area contributed by atoms with Crippen molar-refractivity contribution in [2.45, 2.75) is 39.2 Å². The van der Waals surface area contributed by atoms with Crippen LogP contribution in [0, 0.1) is 0 Å². The minimum atomic E-state index is 0.0373. The van der Waals surface area contributed by atoms with Gasteiger partial charge in [0.05, 0.1) is 0 Å². The summed E-state index contributed by atoms with van der Waals surface area (Å²) in [6.45, 7) is 4.19. The van der Waals surface area contributed by atoms with Gasteiger partial charge in [-0.3, -0.25) is 4.79 Å². The zero-order chi connectivity index (χ0) is 15.1. The van der Waals surface area contributed by atoms with Gasteiger partial charge in [-0.15, -0.1) is 0 Å². The molecule has 1 amide bonds. The molecule has 0 aromatic heterocycles. The lowest BCUT2D eigenvalue weighted by Gasteiger charge is -2.18. The van der Waals surface area contributed by atoms with E-state index in [0.29, 0.717) is 0 Å². The number of nitrogens with one attached hydrogen (secondary N) is 1. The van der Waals surface area contributed by atoms with Gasteiger partial charge in [0.2, 0.25) is 0 Å². The van der Waals surface area contributed by atoms with Crippen LogP contribution in [-0.4, -0.2) is 11.9 Å². The molecule has 0 saturated carbocycles. The first-order chi connectivity index (χ1) is 10.2. The molecule has 0 aliphatic rings. The fourth-order valence-electron chi connectivity index (χ4n) is 2.51. The number of hydrogen-bond acceptors (Lipinski definition) is 1. The van der Waals surface area contributed by atoms with E-state index in [1.807, 2.05) is 42.5 Å². The summed E-state index contributed by atoms with van der Waals surface area (Å²) in [5.74, 6) is 0.0373. The summed E-state index contributed by atoms with van der Waals surface area (Å²) >= 11 is 0. The van der Waals surface area contributed by atoms with Crippen LogP contribution < -0.4 is 5.32 Å². The molecule has 0 aliphatic heterocycles. The summed E-state index contributed by atoms with van der Waals surface area (Å²) < 4.78 is 0. The Bertz CT molecular complexity index is 577. The summed E-state index contributed by atoms with van der Waals surface area (Å²) in [6, 6.07) is 18.3. The number of amides is 1. The smallest absolute Gasteiger partial charge is 0.251 e. The lowest BCUT2D eigenvalue weighted by molar-refractivity contribution is 0.0935. The second kappa shape index (κ2) is 7.63. The first kappa shape index (κ1) is 15.3. The van der Waals surface area contributed by atoms with Gasteiger partial charge in [0.1, 0.15) is 0 Å². The van der Waals surface area contributed by atoms with Crippen molar-refractivity contribution < 1.29 is 4.79 Å². The second-order valence-electron chi connectivity index (χ2n) is 5.28. The molecule has 0 bridgehead atoms. The van der Waals surface area contributed by atoms with Gasteiger partial charge in [-0.25, -0.2) is 0 Å². The third-order valence-corrected chi connectivity index (χ3v) is 3.80. The number of rotatable bonds is 6. The summed E-state index contributed by atoms with van der Waals surface area (Å²) in [4.78, 5) is 12.5. The van der Waals surface area contributed by atoms with Crippen LogP contribution in [0.3, 0.4) is 0 Å². The molecule has 0 radical (unpaired) electrons. The van der Waals surface area contributed by atoms with E-state index in [1.54, 1.807) is 0 Å². The molecule has 110 valence electrons. The summed E-state index contributed by atoms with van der Waals surface area (Å²) in [5.41, 5.74) is 3.16. The highest BCUT2D eigenvalue weighted by molar-refractivity contribution is 5.95. The van der Waals surface area contributed by atoms with Gasteiger partial charge >= 0.3 is 0 Å². The number of carbonyl (C=O) groups is 1. The molecule has 0 fully saturated rings. The molecule has 0 spiro atoms. The average molecular weight is 281 g/mol. The molecule has 0 heterocycles. The lowest BCUT2D eigenvalue weighted by Crippen LogP contribution is -2.36. The van der Waals surface area contributed by atoms with E-state index in [2.05, 4.69) is 31.3 Å². The number of hydrogen-bond donors (Lipinski definition) is 1. The topological polar surface area (TPSA) is 29.1 Å². The van der Waals surface area contributed by atoms with Crippen molar-refractivity contribution in [1.29, 1.82) is 0 Å².